The molecule has 3 amide bonds. The van der Waals surface area contributed by atoms with Crippen molar-refractivity contribution in [2.24, 2.45) is 18.9 Å². The minimum Gasteiger partial charge on any atom is -0.341 e. The molecule has 0 spiro atoms. The number of carbonyl (C=O) groups is 3. The summed E-state index contributed by atoms with van der Waals surface area (Å²) in [7, 11) is 3.55. The van der Waals surface area contributed by atoms with Gasteiger partial charge in [0.2, 0.25) is 17.7 Å². The first-order valence-electron chi connectivity index (χ1n) is 8.54. The molecule has 0 N–H and O–H groups in total. The first-order valence-corrected chi connectivity index (χ1v) is 8.54. The van der Waals surface area contributed by atoms with E-state index in [4.69, 9.17) is 0 Å². The van der Waals surface area contributed by atoms with Crippen molar-refractivity contribution < 1.29 is 14.4 Å². The van der Waals surface area contributed by atoms with Gasteiger partial charge in [0.05, 0.1) is 18.0 Å². The van der Waals surface area contributed by atoms with Crippen LogP contribution in [0.3, 0.4) is 0 Å². The lowest BCUT2D eigenvalue weighted by Gasteiger charge is -2.19. The summed E-state index contributed by atoms with van der Waals surface area (Å²) in [5, 5.41) is 4.08. The summed E-state index contributed by atoms with van der Waals surface area (Å²) in [5.74, 6) is -0.516. The second-order valence-electron chi connectivity index (χ2n) is 6.85. The number of fused-ring (bicyclic) bond motifs is 1. The zero-order valence-electron chi connectivity index (χ0n) is 14.3. The number of aromatic nitrogens is 2. The Bertz CT molecular complexity index is 630. The molecule has 24 heavy (non-hydrogen) atoms. The second kappa shape index (κ2) is 6.75. The van der Waals surface area contributed by atoms with Crippen LogP contribution < -0.4 is 0 Å². The molecule has 0 bridgehead atoms. The van der Waals surface area contributed by atoms with Crippen molar-refractivity contribution in [2.45, 2.75) is 38.6 Å². The Hall–Kier alpha value is -2.18. The summed E-state index contributed by atoms with van der Waals surface area (Å²) in [6.45, 7) is 0.667. The van der Waals surface area contributed by atoms with Crippen LogP contribution in [0.2, 0.25) is 0 Å². The topological polar surface area (TPSA) is 75.5 Å². The molecule has 1 aromatic rings. The van der Waals surface area contributed by atoms with E-state index >= 15 is 0 Å². The molecule has 1 saturated carbocycles. The Morgan fingerprint density at radius 1 is 1.25 bits per heavy atom. The van der Waals surface area contributed by atoms with E-state index in [-0.39, 0.29) is 42.5 Å². The van der Waals surface area contributed by atoms with Crippen LogP contribution in [0, 0.1) is 11.8 Å². The van der Waals surface area contributed by atoms with Crippen molar-refractivity contribution in [2.75, 3.05) is 13.6 Å². The number of rotatable bonds is 5. The van der Waals surface area contributed by atoms with Crippen molar-refractivity contribution in [3.63, 3.8) is 0 Å². The first-order chi connectivity index (χ1) is 11.5. The molecule has 1 aliphatic heterocycles. The summed E-state index contributed by atoms with van der Waals surface area (Å²) in [4.78, 5) is 40.0. The fraction of sp³-hybridized carbons (Fsp3) is 0.647. The number of nitrogens with zero attached hydrogens (tertiary/aromatic N) is 4. The van der Waals surface area contributed by atoms with E-state index in [1.54, 1.807) is 22.8 Å². The minimum atomic E-state index is -0.144. The molecule has 7 nitrogen and oxygen atoms in total. The molecular formula is C17H24N4O3. The van der Waals surface area contributed by atoms with Crippen LogP contribution in [-0.2, 0) is 28.0 Å². The van der Waals surface area contributed by atoms with Crippen LogP contribution >= 0.6 is 0 Å². The third-order valence-electron chi connectivity index (χ3n) is 5.09. The van der Waals surface area contributed by atoms with E-state index in [2.05, 4.69) is 5.10 Å². The number of aryl methyl sites for hydroxylation is 1. The fourth-order valence-electron chi connectivity index (χ4n) is 3.77. The highest BCUT2D eigenvalue weighted by atomic mass is 16.2. The van der Waals surface area contributed by atoms with Crippen LogP contribution in [0.15, 0.2) is 12.4 Å². The molecule has 1 aliphatic carbocycles. The average molecular weight is 332 g/mol. The molecule has 2 unspecified atom stereocenters. The van der Waals surface area contributed by atoms with Crippen LogP contribution in [0.4, 0.5) is 0 Å². The summed E-state index contributed by atoms with van der Waals surface area (Å²) in [6.07, 6.45) is 7.40. The van der Waals surface area contributed by atoms with Gasteiger partial charge in [-0.3, -0.25) is 24.0 Å². The van der Waals surface area contributed by atoms with Gasteiger partial charge in [-0.05, 0) is 12.8 Å². The van der Waals surface area contributed by atoms with E-state index in [1.807, 2.05) is 13.2 Å². The van der Waals surface area contributed by atoms with Crippen molar-refractivity contribution in [1.82, 2.24) is 19.6 Å². The monoisotopic (exact) mass is 332 g/mol. The van der Waals surface area contributed by atoms with E-state index in [0.29, 0.717) is 6.54 Å². The van der Waals surface area contributed by atoms with Gasteiger partial charge in [0.15, 0.2) is 0 Å². The van der Waals surface area contributed by atoms with E-state index < -0.39 is 0 Å². The van der Waals surface area contributed by atoms with Crippen LogP contribution in [0.1, 0.15) is 37.7 Å². The Labute approximate surface area is 141 Å². The van der Waals surface area contributed by atoms with Crippen molar-refractivity contribution >= 4 is 17.7 Å². The quantitative estimate of drug-likeness (QED) is 0.752. The molecule has 2 fully saturated rings. The lowest BCUT2D eigenvalue weighted by molar-refractivity contribution is -0.140. The molecule has 1 aromatic heterocycles. The van der Waals surface area contributed by atoms with Gasteiger partial charge in [-0.1, -0.05) is 12.8 Å². The average Bonchev–Trinajstić information content (AvgIpc) is 3.08. The maximum Gasteiger partial charge on any atom is 0.233 e. The Kier molecular flexibility index (Phi) is 4.69. The molecule has 0 aromatic carbocycles. The predicted molar refractivity (Wildman–Crippen MR) is 86.5 cm³/mol. The zero-order valence-corrected chi connectivity index (χ0v) is 14.3. The highest BCUT2D eigenvalue weighted by molar-refractivity contribution is 6.05. The SMILES string of the molecule is CN(Cc1cnn(C)c1)C(=O)CCN1C(=O)C2CCCCC2C1=O. The van der Waals surface area contributed by atoms with Gasteiger partial charge < -0.3 is 4.90 Å². The lowest BCUT2D eigenvalue weighted by Crippen LogP contribution is -2.36. The van der Waals surface area contributed by atoms with Crippen LogP contribution in [0.5, 0.6) is 0 Å². The lowest BCUT2D eigenvalue weighted by atomic mass is 9.81. The summed E-state index contributed by atoms with van der Waals surface area (Å²) in [5.41, 5.74) is 0.952. The summed E-state index contributed by atoms with van der Waals surface area (Å²) in [6, 6.07) is 0. The molecule has 0 radical (unpaired) electrons. The molecule has 3 rings (SSSR count). The fourth-order valence-corrected chi connectivity index (χ4v) is 3.77. The Morgan fingerprint density at radius 2 is 1.88 bits per heavy atom. The van der Waals surface area contributed by atoms with Gasteiger partial charge in [-0.25, -0.2) is 0 Å². The van der Waals surface area contributed by atoms with Gasteiger partial charge in [0.1, 0.15) is 0 Å². The van der Waals surface area contributed by atoms with Gasteiger partial charge in [-0.2, -0.15) is 5.10 Å². The van der Waals surface area contributed by atoms with E-state index in [9.17, 15) is 14.4 Å². The maximum atomic E-state index is 12.4. The van der Waals surface area contributed by atoms with Gasteiger partial charge in [-0.15, -0.1) is 0 Å². The maximum absolute atomic E-state index is 12.4. The number of imide groups is 1. The standard InChI is InChI=1S/C17H24N4O3/c1-19(10-12-9-18-20(2)11-12)15(22)7-8-21-16(23)13-5-3-4-6-14(13)17(21)24/h9,11,13-14H,3-8,10H2,1-2H3. The first kappa shape index (κ1) is 16.7. The third-order valence-corrected chi connectivity index (χ3v) is 5.09. The van der Waals surface area contributed by atoms with Crippen molar-refractivity contribution in [1.29, 1.82) is 0 Å². The normalized spacial score (nSPS) is 23.5. The number of likely N-dealkylation sites (tertiary alicyclic amines) is 1. The van der Waals surface area contributed by atoms with E-state index in [1.165, 1.54) is 4.90 Å². The van der Waals surface area contributed by atoms with Gasteiger partial charge >= 0.3 is 0 Å². The summed E-state index contributed by atoms with van der Waals surface area (Å²) >= 11 is 0. The Balaban J connectivity index is 1.54. The smallest absolute Gasteiger partial charge is 0.233 e. The number of hydrogen-bond donors (Lipinski definition) is 0. The number of hydrogen-bond acceptors (Lipinski definition) is 4. The highest BCUT2D eigenvalue weighted by Crippen LogP contribution is 2.37. The number of carbonyl (C=O) groups excluding carboxylic acids is 3. The number of amides is 3. The molecule has 130 valence electrons. The van der Waals surface area contributed by atoms with Crippen LogP contribution in [-0.4, -0.2) is 50.9 Å². The molecule has 2 atom stereocenters. The largest absolute Gasteiger partial charge is 0.341 e. The Morgan fingerprint density at radius 3 is 2.42 bits per heavy atom. The minimum absolute atomic E-state index is 0.0747. The van der Waals surface area contributed by atoms with E-state index in [0.717, 1.165) is 31.2 Å². The second-order valence-corrected chi connectivity index (χ2v) is 6.85. The molecule has 2 aliphatic rings. The molecule has 2 heterocycles. The zero-order chi connectivity index (χ0) is 17.3. The van der Waals surface area contributed by atoms with Gasteiger partial charge in [0, 0.05) is 45.4 Å². The third kappa shape index (κ3) is 3.20. The van der Waals surface area contributed by atoms with Crippen LogP contribution in [0.25, 0.3) is 0 Å². The van der Waals surface area contributed by atoms with Crippen molar-refractivity contribution in [3.05, 3.63) is 18.0 Å². The van der Waals surface area contributed by atoms with Crippen molar-refractivity contribution in [3.8, 4) is 0 Å². The summed E-state index contributed by atoms with van der Waals surface area (Å²) < 4.78 is 1.69. The predicted octanol–water partition coefficient (Wildman–Crippen LogP) is 0.944. The van der Waals surface area contributed by atoms with Gasteiger partial charge in [0.25, 0.3) is 0 Å². The molecule has 7 heteroatoms. The molecule has 1 saturated heterocycles. The highest BCUT2D eigenvalue weighted by Gasteiger charge is 2.47. The molecular weight excluding hydrogens is 308 g/mol.